The molecule has 0 heterocycles. The molecule has 0 spiro atoms. The summed E-state index contributed by atoms with van der Waals surface area (Å²) < 4.78 is 4.19. The number of aliphatic carboxylic acids is 1. The van der Waals surface area contributed by atoms with Crippen molar-refractivity contribution < 1.29 is 24.2 Å². The Morgan fingerprint density at radius 1 is 1.36 bits per heavy atom. The van der Waals surface area contributed by atoms with Crippen LogP contribution in [-0.2, 0) is 19.1 Å². The molecule has 2 unspecified atom stereocenters. The van der Waals surface area contributed by atoms with E-state index >= 15 is 0 Å². The van der Waals surface area contributed by atoms with Gasteiger partial charge in [-0.05, 0) is 6.92 Å². The van der Waals surface area contributed by atoms with Gasteiger partial charge in [0.05, 0.1) is 6.42 Å². The SMILES string of the molecule is CC(N)C(=O)OC(=O)CC(N)C(=O)O. The smallest absolute Gasteiger partial charge is 0.330 e. The predicted octanol–water partition coefficient (Wildman–Crippen LogP) is -1.79. The molecule has 0 radical (unpaired) electrons. The molecule has 0 aliphatic heterocycles. The molecular formula is C7H12N2O5. The molecule has 0 aromatic heterocycles. The molecule has 0 aromatic carbocycles. The second kappa shape index (κ2) is 5.30. The number of hydrogen-bond acceptors (Lipinski definition) is 6. The van der Waals surface area contributed by atoms with Crippen LogP contribution < -0.4 is 11.5 Å². The van der Waals surface area contributed by atoms with Gasteiger partial charge in [-0.25, -0.2) is 4.79 Å². The van der Waals surface area contributed by atoms with Crippen LogP contribution in [0, 0.1) is 0 Å². The molecule has 2 atom stereocenters. The molecule has 7 nitrogen and oxygen atoms in total. The van der Waals surface area contributed by atoms with Gasteiger partial charge in [-0.2, -0.15) is 0 Å². The normalized spacial score (nSPS) is 14.2. The van der Waals surface area contributed by atoms with E-state index in [4.69, 9.17) is 16.6 Å². The molecule has 5 N–H and O–H groups in total. The van der Waals surface area contributed by atoms with Gasteiger partial charge in [-0.3, -0.25) is 9.59 Å². The van der Waals surface area contributed by atoms with E-state index in [0.717, 1.165) is 0 Å². The zero-order chi connectivity index (χ0) is 11.3. The topological polar surface area (TPSA) is 133 Å². The third-order valence-corrected chi connectivity index (χ3v) is 1.29. The third-order valence-electron chi connectivity index (χ3n) is 1.29. The van der Waals surface area contributed by atoms with E-state index in [9.17, 15) is 14.4 Å². The lowest BCUT2D eigenvalue weighted by Gasteiger charge is -2.07. The molecule has 0 aromatic rings. The fraction of sp³-hybridized carbons (Fsp3) is 0.571. The Kier molecular flexibility index (Phi) is 4.74. The van der Waals surface area contributed by atoms with E-state index in [1.807, 2.05) is 0 Å². The first-order valence-electron chi connectivity index (χ1n) is 3.83. The second-order valence-electron chi connectivity index (χ2n) is 2.73. The highest BCUT2D eigenvalue weighted by atomic mass is 16.6. The van der Waals surface area contributed by atoms with Crippen molar-refractivity contribution >= 4 is 17.9 Å². The van der Waals surface area contributed by atoms with Gasteiger partial charge in [-0.15, -0.1) is 0 Å². The Balaban J connectivity index is 3.99. The monoisotopic (exact) mass is 204 g/mol. The summed E-state index contributed by atoms with van der Waals surface area (Å²) >= 11 is 0. The average molecular weight is 204 g/mol. The minimum absolute atomic E-state index is 0.562. The standard InChI is InChI=1S/C7H12N2O5/c1-3(8)7(13)14-5(10)2-4(9)6(11)12/h3-4H,2,8-9H2,1H3,(H,11,12). The van der Waals surface area contributed by atoms with Crippen molar-refractivity contribution in [1.82, 2.24) is 0 Å². The highest BCUT2D eigenvalue weighted by Gasteiger charge is 2.20. The van der Waals surface area contributed by atoms with E-state index in [2.05, 4.69) is 4.74 Å². The molecule has 0 amide bonds. The van der Waals surface area contributed by atoms with E-state index in [1.54, 1.807) is 0 Å². The fourth-order valence-electron chi connectivity index (χ4n) is 0.514. The minimum Gasteiger partial charge on any atom is -0.480 e. The van der Waals surface area contributed by atoms with Crippen molar-refractivity contribution in [2.24, 2.45) is 11.5 Å². The van der Waals surface area contributed by atoms with E-state index in [1.165, 1.54) is 6.92 Å². The number of ether oxygens (including phenoxy) is 1. The Labute approximate surface area is 80.0 Å². The van der Waals surface area contributed by atoms with E-state index < -0.39 is 36.4 Å². The van der Waals surface area contributed by atoms with Crippen molar-refractivity contribution in [3.8, 4) is 0 Å². The Hall–Kier alpha value is -1.47. The predicted molar refractivity (Wildman–Crippen MR) is 45.0 cm³/mol. The molecule has 0 saturated heterocycles. The maximum absolute atomic E-state index is 10.8. The van der Waals surface area contributed by atoms with Gasteiger partial charge >= 0.3 is 17.9 Å². The van der Waals surface area contributed by atoms with Gasteiger partial charge in [-0.1, -0.05) is 0 Å². The molecule has 0 saturated carbocycles. The highest BCUT2D eigenvalue weighted by Crippen LogP contribution is 1.94. The van der Waals surface area contributed by atoms with Crippen LogP contribution in [0.1, 0.15) is 13.3 Å². The molecule has 0 bridgehead atoms. The highest BCUT2D eigenvalue weighted by molar-refractivity contribution is 5.90. The van der Waals surface area contributed by atoms with Crippen molar-refractivity contribution in [3.63, 3.8) is 0 Å². The lowest BCUT2D eigenvalue weighted by Crippen LogP contribution is -2.36. The maximum atomic E-state index is 10.8. The maximum Gasteiger partial charge on any atom is 0.330 e. The summed E-state index contributed by atoms with van der Waals surface area (Å²) in [6.45, 7) is 1.34. The first kappa shape index (κ1) is 12.5. The van der Waals surface area contributed by atoms with Crippen LogP contribution in [0.5, 0.6) is 0 Å². The van der Waals surface area contributed by atoms with Crippen molar-refractivity contribution in [3.05, 3.63) is 0 Å². The van der Waals surface area contributed by atoms with Crippen LogP contribution in [0.25, 0.3) is 0 Å². The van der Waals surface area contributed by atoms with Crippen LogP contribution >= 0.6 is 0 Å². The number of carboxylic acids is 1. The molecule has 0 aliphatic carbocycles. The molecule has 7 heteroatoms. The van der Waals surface area contributed by atoms with Gasteiger partial charge in [0.2, 0.25) is 0 Å². The van der Waals surface area contributed by atoms with Crippen molar-refractivity contribution in [1.29, 1.82) is 0 Å². The molecule has 80 valence electrons. The Morgan fingerprint density at radius 3 is 2.21 bits per heavy atom. The first-order valence-corrected chi connectivity index (χ1v) is 3.83. The zero-order valence-electron chi connectivity index (χ0n) is 7.60. The van der Waals surface area contributed by atoms with Crippen LogP contribution in [0.3, 0.4) is 0 Å². The van der Waals surface area contributed by atoms with Crippen molar-refractivity contribution in [2.75, 3.05) is 0 Å². The van der Waals surface area contributed by atoms with Crippen molar-refractivity contribution in [2.45, 2.75) is 25.4 Å². The second-order valence-corrected chi connectivity index (χ2v) is 2.73. The number of hydrogen-bond donors (Lipinski definition) is 3. The lowest BCUT2D eigenvalue weighted by atomic mass is 10.2. The summed E-state index contributed by atoms with van der Waals surface area (Å²) in [6, 6.07) is -2.30. The first-order chi connectivity index (χ1) is 6.34. The molecule has 0 aliphatic rings. The lowest BCUT2D eigenvalue weighted by molar-refractivity contribution is -0.162. The Bertz CT molecular complexity index is 250. The third kappa shape index (κ3) is 4.53. The number of esters is 2. The van der Waals surface area contributed by atoms with E-state index in [-0.39, 0.29) is 0 Å². The van der Waals surface area contributed by atoms with Crippen LogP contribution in [0.15, 0.2) is 0 Å². The average Bonchev–Trinajstić information content (AvgIpc) is 2.03. The van der Waals surface area contributed by atoms with Crippen LogP contribution in [0.2, 0.25) is 0 Å². The summed E-state index contributed by atoms with van der Waals surface area (Å²) in [4.78, 5) is 31.8. The molecular weight excluding hydrogens is 192 g/mol. The van der Waals surface area contributed by atoms with Gasteiger partial charge < -0.3 is 21.3 Å². The molecule has 0 rings (SSSR count). The van der Waals surface area contributed by atoms with E-state index in [0.29, 0.717) is 0 Å². The Morgan fingerprint density at radius 2 is 1.86 bits per heavy atom. The number of carboxylic acid groups (broad SMARTS) is 1. The van der Waals surface area contributed by atoms with Gasteiger partial charge in [0.15, 0.2) is 0 Å². The van der Waals surface area contributed by atoms with Crippen LogP contribution in [0.4, 0.5) is 0 Å². The van der Waals surface area contributed by atoms with Gasteiger partial charge in [0, 0.05) is 0 Å². The number of carbonyl (C=O) groups excluding carboxylic acids is 2. The summed E-state index contributed by atoms with van der Waals surface area (Å²) in [5, 5.41) is 8.33. The van der Waals surface area contributed by atoms with Crippen LogP contribution in [-0.4, -0.2) is 35.1 Å². The summed E-state index contributed by atoms with van der Waals surface area (Å²) in [7, 11) is 0. The van der Waals surface area contributed by atoms with Gasteiger partial charge in [0.1, 0.15) is 12.1 Å². The summed E-state index contributed by atoms with van der Waals surface area (Å²) in [5.74, 6) is -3.25. The molecule has 14 heavy (non-hydrogen) atoms. The summed E-state index contributed by atoms with van der Waals surface area (Å²) in [6.07, 6.45) is -0.562. The number of nitrogens with two attached hydrogens (primary N) is 2. The van der Waals surface area contributed by atoms with Gasteiger partial charge in [0.25, 0.3) is 0 Å². The zero-order valence-corrected chi connectivity index (χ0v) is 7.60. The minimum atomic E-state index is -1.37. The number of carbonyl (C=O) groups is 3. The number of rotatable bonds is 4. The quantitative estimate of drug-likeness (QED) is 0.363. The summed E-state index contributed by atoms with van der Waals surface area (Å²) in [5.41, 5.74) is 10.1. The largest absolute Gasteiger partial charge is 0.480 e. The fourth-order valence-corrected chi connectivity index (χ4v) is 0.514. The molecule has 0 fully saturated rings.